The van der Waals surface area contributed by atoms with E-state index in [0.717, 1.165) is 25.9 Å². The van der Waals surface area contributed by atoms with Crippen molar-refractivity contribution in [2.45, 2.75) is 32.7 Å². The Bertz CT molecular complexity index is 488. The summed E-state index contributed by atoms with van der Waals surface area (Å²) in [7, 11) is 0. The van der Waals surface area contributed by atoms with Crippen LogP contribution in [0.15, 0.2) is 24.3 Å². The number of amides is 1. The second kappa shape index (κ2) is 9.63. The highest BCUT2D eigenvalue weighted by Gasteiger charge is 2.25. The van der Waals surface area contributed by atoms with Crippen molar-refractivity contribution in [3.8, 4) is 11.5 Å². The summed E-state index contributed by atoms with van der Waals surface area (Å²) in [4.78, 5) is 14.1. The molecule has 1 aromatic carbocycles. The van der Waals surface area contributed by atoms with Crippen LogP contribution in [0.25, 0.3) is 0 Å². The minimum absolute atomic E-state index is 0. The fourth-order valence-corrected chi connectivity index (χ4v) is 2.75. The van der Waals surface area contributed by atoms with Gasteiger partial charge in [-0.2, -0.15) is 0 Å². The molecule has 2 N–H and O–H groups in total. The second-order valence-electron chi connectivity index (χ2n) is 5.75. The number of nitrogens with two attached hydrogens (primary N) is 1. The summed E-state index contributed by atoms with van der Waals surface area (Å²) in [5.74, 6) is 1.83. The molecule has 0 spiro atoms. The van der Waals surface area contributed by atoms with E-state index in [1.54, 1.807) is 0 Å². The van der Waals surface area contributed by atoms with Crippen molar-refractivity contribution in [2.75, 3.05) is 26.3 Å². The van der Waals surface area contributed by atoms with Crippen LogP contribution in [0.2, 0.25) is 0 Å². The summed E-state index contributed by atoms with van der Waals surface area (Å²) in [5, 5.41) is 0. The Kier molecular flexibility index (Phi) is 8.20. The largest absolute Gasteiger partial charge is 0.490 e. The predicted molar refractivity (Wildman–Crippen MR) is 93.3 cm³/mol. The van der Waals surface area contributed by atoms with Crippen LogP contribution in [0.5, 0.6) is 11.5 Å². The molecule has 1 unspecified atom stereocenters. The molecule has 1 saturated heterocycles. The molecule has 6 heteroatoms. The van der Waals surface area contributed by atoms with E-state index >= 15 is 0 Å². The van der Waals surface area contributed by atoms with Crippen LogP contribution >= 0.6 is 12.4 Å². The molecule has 0 aromatic heterocycles. The zero-order valence-corrected chi connectivity index (χ0v) is 14.7. The molecular formula is C17H27ClN2O3. The zero-order valence-electron chi connectivity index (χ0n) is 13.9. The van der Waals surface area contributed by atoms with Gasteiger partial charge in [0.1, 0.15) is 0 Å². The van der Waals surface area contributed by atoms with Crippen LogP contribution in [0.1, 0.15) is 26.7 Å². The highest BCUT2D eigenvalue weighted by Crippen LogP contribution is 2.26. The molecule has 1 aliphatic rings. The molecule has 0 saturated carbocycles. The summed E-state index contributed by atoms with van der Waals surface area (Å²) in [6, 6.07) is 7.62. The van der Waals surface area contributed by atoms with E-state index in [1.807, 2.05) is 43.0 Å². The fraction of sp³-hybridized carbons (Fsp3) is 0.588. The van der Waals surface area contributed by atoms with Gasteiger partial charge in [-0.15, -0.1) is 12.4 Å². The van der Waals surface area contributed by atoms with Gasteiger partial charge in [0, 0.05) is 19.1 Å². The number of likely N-dealkylation sites (tertiary alicyclic amines) is 1. The first-order valence-corrected chi connectivity index (χ1v) is 7.99. The van der Waals surface area contributed by atoms with Gasteiger partial charge >= 0.3 is 0 Å². The average molecular weight is 343 g/mol. The first kappa shape index (κ1) is 19.6. The van der Waals surface area contributed by atoms with E-state index < -0.39 is 0 Å². The van der Waals surface area contributed by atoms with Crippen LogP contribution in [-0.2, 0) is 4.79 Å². The quantitative estimate of drug-likeness (QED) is 0.862. The molecule has 0 bridgehead atoms. The number of benzene rings is 1. The highest BCUT2D eigenvalue weighted by atomic mass is 35.5. The van der Waals surface area contributed by atoms with Crippen LogP contribution < -0.4 is 15.2 Å². The summed E-state index contributed by atoms with van der Waals surface area (Å²) in [6.45, 7) is 6.11. The van der Waals surface area contributed by atoms with Crippen molar-refractivity contribution in [1.29, 1.82) is 0 Å². The smallest absolute Gasteiger partial charge is 0.260 e. The Morgan fingerprint density at radius 3 is 2.35 bits per heavy atom. The van der Waals surface area contributed by atoms with Gasteiger partial charge in [-0.3, -0.25) is 4.79 Å². The van der Waals surface area contributed by atoms with E-state index in [2.05, 4.69) is 0 Å². The summed E-state index contributed by atoms with van der Waals surface area (Å²) >= 11 is 0. The van der Waals surface area contributed by atoms with Gasteiger partial charge in [0.15, 0.2) is 18.1 Å². The molecule has 1 fully saturated rings. The number of ether oxygens (including phenoxy) is 2. The third kappa shape index (κ3) is 5.59. The lowest BCUT2D eigenvalue weighted by atomic mass is 9.91. The van der Waals surface area contributed by atoms with E-state index in [-0.39, 0.29) is 31.0 Å². The number of para-hydroxylation sites is 2. The molecule has 23 heavy (non-hydrogen) atoms. The van der Waals surface area contributed by atoms with Crippen molar-refractivity contribution in [3.05, 3.63) is 24.3 Å². The van der Waals surface area contributed by atoms with E-state index in [0.29, 0.717) is 24.0 Å². The molecule has 1 aromatic rings. The van der Waals surface area contributed by atoms with Crippen molar-refractivity contribution >= 4 is 18.3 Å². The fourth-order valence-electron chi connectivity index (χ4n) is 2.75. The number of hydrogen-bond donors (Lipinski definition) is 1. The molecule has 1 amide bonds. The summed E-state index contributed by atoms with van der Waals surface area (Å²) < 4.78 is 11.1. The third-order valence-electron chi connectivity index (χ3n) is 4.14. The van der Waals surface area contributed by atoms with Crippen molar-refractivity contribution < 1.29 is 14.3 Å². The van der Waals surface area contributed by atoms with E-state index in [9.17, 15) is 4.79 Å². The molecule has 1 atom stereocenters. The van der Waals surface area contributed by atoms with Crippen LogP contribution in [0.4, 0.5) is 0 Å². The maximum absolute atomic E-state index is 12.2. The number of piperidine rings is 1. The lowest BCUT2D eigenvalue weighted by Crippen LogP contribution is -2.44. The van der Waals surface area contributed by atoms with Gasteiger partial charge in [-0.1, -0.05) is 12.1 Å². The van der Waals surface area contributed by atoms with Gasteiger partial charge in [0.2, 0.25) is 0 Å². The molecule has 2 rings (SSSR count). The van der Waals surface area contributed by atoms with E-state index in [1.165, 1.54) is 0 Å². The van der Waals surface area contributed by atoms with Crippen molar-refractivity contribution in [2.24, 2.45) is 11.7 Å². The number of carbonyl (C=O) groups excluding carboxylic acids is 1. The third-order valence-corrected chi connectivity index (χ3v) is 4.14. The minimum atomic E-state index is 0. The average Bonchev–Trinajstić information content (AvgIpc) is 2.54. The lowest BCUT2D eigenvalue weighted by Gasteiger charge is -2.33. The molecule has 0 radical (unpaired) electrons. The lowest BCUT2D eigenvalue weighted by molar-refractivity contribution is -0.134. The maximum atomic E-state index is 12.2. The first-order valence-electron chi connectivity index (χ1n) is 7.99. The Hall–Kier alpha value is -1.46. The minimum Gasteiger partial charge on any atom is -0.490 e. The van der Waals surface area contributed by atoms with Crippen molar-refractivity contribution in [3.63, 3.8) is 0 Å². The number of nitrogens with zero attached hydrogens (tertiary/aromatic N) is 1. The Morgan fingerprint density at radius 2 is 1.83 bits per heavy atom. The molecule has 1 aliphatic heterocycles. The molecule has 0 aliphatic carbocycles. The predicted octanol–water partition coefficient (Wildman–Crippen LogP) is 2.47. The van der Waals surface area contributed by atoms with Crippen LogP contribution in [0.3, 0.4) is 0 Å². The van der Waals surface area contributed by atoms with Crippen LogP contribution in [0, 0.1) is 5.92 Å². The van der Waals surface area contributed by atoms with Gasteiger partial charge in [-0.05, 0) is 44.7 Å². The van der Waals surface area contributed by atoms with Crippen molar-refractivity contribution in [1.82, 2.24) is 4.90 Å². The molecule has 5 nitrogen and oxygen atoms in total. The standard InChI is InChI=1S/C17H26N2O3.ClH/c1-3-21-15-6-4-5-7-16(15)22-12-17(20)19-10-8-14(9-11-19)13(2)18;/h4-7,13-14H,3,8-12,18H2,1-2H3;1H. The summed E-state index contributed by atoms with van der Waals surface area (Å²) in [6.07, 6.45) is 1.94. The SMILES string of the molecule is CCOc1ccccc1OCC(=O)N1CCC(C(C)N)CC1.Cl. The van der Waals surface area contributed by atoms with Gasteiger partial charge in [0.05, 0.1) is 6.61 Å². The second-order valence-corrected chi connectivity index (χ2v) is 5.75. The topological polar surface area (TPSA) is 64.8 Å². The number of rotatable bonds is 6. The van der Waals surface area contributed by atoms with Crippen LogP contribution in [-0.4, -0.2) is 43.2 Å². The number of halogens is 1. The normalized spacial score (nSPS) is 16.4. The number of carbonyl (C=O) groups is 1. The molecule has 130 valence electrons. The highest BCUT2D eigenvalue weighted by molar-refractivity contribution is 5.85. The summed E-state index contributed by atoms with van der Waals surface area (Å²) in [5.41, 5.74) is 5.93. The van der Waals surface area contributed by atoms with Gasteiger partial charge < -0.3 is 20.1 Å². The monoisotopic (exact) mass is 342 g/mol. The number of hydrogen-bond acceptors (Lipinski definition) is 4. The van der Waals surface area contributed by atoms with E-state index in [4.69, 9.17) is 15.2 Å². The Morgan fingerprint density at radius 1 is 1.26 bits per heavy atom. The Balaban J connectivity index is 0.00000264. The molecule has 1 heterocycles. The van der Waals surface area contributed by atoms with Gasteiger partial charge in [-0.25, -0.2) is 0 Å². The Labute approximate surface area is 144 Å². The maximum Gasteiger partial charge on any atom is 0.260 e. The molecular weight excluding hydrogens is 316 g/mol. The zero-order chi connectivity index (χ0) is 15.9. The van der Waals surface area contributed by atoms with Gasteiger partial charge in [0.25, 0.3) is 5.91 Å². The first-order chi connectivity index (χ1) is 10.6.